The molecule has 13 heteroatoms. The highest BCUT2D eigenvalue weighted by atomic mass is 35.5. The summed E-state index contributed by atoms with van der Waals surface area (Å²) < 4.78 is 54.9. The van der Waals surface area contributed by atoms with E-state index in [4.69, 9.17) is 11.6 Å². The number of pyridine rings is 2. The minimum absolute atomic E-state index is 0.1000. The van der Waals surface area contributed by atoms with Crippen LogP contribution in [0.5, 0.6) is 0 Å². The van der Waals surface area contributed by atoms with E-state index in [2.05, 4.69) is 20.6 Å². The monoisotopic (exact) mass is 590 g/mol. The van der Waals surface area contributed by atoms with Crippen molar-refractivity contribution in [3.8, 4) is 5.69 Å². The minimum atomic E-state index is -2.90. The Bertz CT molecular complexity index is 1580. The number of halogens is 5. The molecule has 0 atom stereocenters. The summed E-state index contributed by atoms with van der Waals surface area (Å²) in [4.78, 5) is 34.1. The number of rotatable bonds is 9. The van der Waals surface area contributed by atoms with Crippen LogP contribution >= 0.6 is 11.6 Å². The second-order valence-corrected chi connectivity index (χ2v) is 10.4. The first-order valence-electron chi connectivity index (χ1n) is 13.1. The lowest BCUT2D eigenvalue weighted by Crippen LogP contribution is -2.39. The van der Waals surface area contributed by atoms with Crippen LogP contribution in [0.3, 0.4) is 0 Å². The number of anilines is 1. The molecule has 0 unspecified atom stereocenters. The number of fused-ring (bicyclic) bond motifs is 1. The maximum atomic E-state index is 13.6. The predicted molar refractivity (Wildman–Crippen MR) is 147 cm³/mol. The molecule has 8 nitrogen and oxygen atoms in total. The van der Waals surface area contributed by atoms with Gasteiger partial charge in [-0.3, -0.25) is 18.9 Å². The van der Waals surface area contributed by atoms with Gasteiger partial charge in [0.1, 0.15) is 11.5 Å². The Morgan fingerprint density at radius 1 is 1.00 bits per heavy atom. The Morgan fingerprint density at radius 3 is 2.39 bits per heavy atom. The number of nitrogens with zero attached hydrogens (tertiary/aromatic N) is 4. The van der Waals surface area contributed by atoms with E-state index in [1.807, 2.05) is 24.3 Å². The number of hydrogen-bond acceptors (Lipinski definition) is 5. The predicted octanol–water partition coefficient (Wildman–Crippen LogP) is 5.84. The number of amides is 1. The summed E-state index contributed by atoms with van der Waals surface area (Å²) >= 11 is 5.88. The average molecular weight is 591 g/mol. The van der Waals surface area contributed by atoms with Gasteiger partial charge in [0.15, 0.2) is 0 Å². The number of hydrogen-bond donors (Lipinski definition) is 2. The van der Waals surface area contributed by atoms with E-state index in [0.29, 0.717) is 30.6 Å². The van der Waals surface area contributed by atoms with Crippen molar-refractivity contribution in [1.82, 2.24) is 24.4 Å². The molecule has 0 saturated heterocycles. The van der Waals surface area contributed by atoms with Crippen LogP contribution < -0.4 is 16.3 Å². The maximum Gasteiger partial charge on any atom is 0.333 e. The number of nitrogens with one attached hydrogen (secondary N) is 2. The number of carbonyl (C=O) groups excluding carboxylic acids is 1. The van der Waals surface area contributed by atoms with E-state index >= 15 is 0 Å². The summed E-state index contributed by atoms with van der Waals surface area (Å²) in [7, 11) is 0. The quantitative estimate of drug-likeness (QED) is 0.239. The largest absolute Gasteiger partial charge is 0.364 e. The van der Waals surface area contributed by atoms with Crippen LogP contribution in [0, 0.1) is 5.92 Å². The van der Waals surface area contributed by atoms with Crippen molar-refractivity contribution < 1.29 is 22.4 Å². The number of imidazole rings is 1. The molecule has 3 aromatic heterocycles. The van der Waals surface area contributed by atoms with E-state index in [1.165, 1.54) is 12.3 Å². The first-order chi connectivity index (χ1) is 19.7. The van der Waals surface area contributed by atoms with Gasteiger partial charge in [0.05, 0.1) is 40.0 Å². The van der Waals surface area contributed by atoms with Crippen LogP contribution in [-0.4, -0.2) is 44.0 Å². The molecule has 1 aliphatic carbocycles. The Kier molecular flexibility index (Phi) is 8.57. The molecule has 5 rings (SSSR count). The zero-order chi connectivity index (χ0) is 29.1. The highest BCUT2D eigenvalue weighted by Gasteiger charge is 2.27. The molecule has 0 aliphatic heterocycles. The zero-order valence-electron chi connectivity index (χ0n) is 21.7. The maximum absolute atomic E-state index is 13.6. The molecule has 4 aromatic rings. The number of alkyl halides is 4. The summed E-state index contributed by atoms with van der Waals surface area (Å²) in [6, 6.07) is 11.6. The van der Waals surface area contributed by atoms with E-state index < -0.39 is 31.0 Å². The molecule has 1 amide bonds. The van der Waals surface area contributed by atoms with Crippen LogP contribution in [0.4, 0.5) is 23.4 Å². The third-order valence-electron chi connectivity index (χ3n) is 7.24. The van der Waals surface area contributed by atoms with E-state index in [9.17, 15) is 27.2 Å². The minimum Gasteiger partial charge on any atom is -0.364 e. The zero-order valence-corrected chi connectivity index (χ0v) is 22.5. The number of carbonyl (C=O) groups is 1. The second kappa shape index (κ2) is 12.3. The first-order valence-corrected chi connectivity index (χ1v) is 13.5. The standard InChI is InChI=1S/C28H27ClF4N6O2/c29-17-11-20(25(26(32)33)36-12-17)27(40)37-18-7-5-16(6-8-18)15-38-21-3-1-2-4-22(21)39(28(38)41)19-9-10-24(34-13-19)35-14-23(30)31/h1-4,9-13,16,18,23,26H,5-8,14-15H2,(H,34,35)(H,37,40). The fourth-order valence-electron chi connectivity index (χ4n) is 5.26. The molecule has 3 heterocycles. The van der Waals surface area contributed by atoms with Crippen LogP contribution in [0.1, 0.15) is 48.2 Å². The van der Waals surface area contributed by atoms with E-state index in [0.717, 1.165) is 24.6 Å². The van der Waals surface area contributed by atoms with Crippen molar-refractivity contribution in [3.63, 3.8) is 0 Å². The molecule has 1 saturated carbocycles. The van der Waals surface area contributed by atoms with Crippen LogP contribution in [0.15, 0.2) is 59.7 Å². The van der Waals surface area contributed by atoms with Gasteiger partial charge in [0.2, 0.25) is 0 Å². The average Bonchev–Trinajstić information content (AvgIpc) is 3.23. The molecule has 216 valence electrons. The second-order valence-electron chi connectivity index (χ2n) is 9.97. The Hall–Kier alpha value is -3.93. The Morgan fingerprint density at radius 2 is 1.73 bits per heavy atom. The van der Waals surface area contributed by atoms with Gasteiger partial charge >= 0.3 is 5.69 Å². The van der Waals surface area contributed by atoms with Crippen molar-refractivity contribution in [2.45, 2.75) is 51.1 Å². The molecule has 1 fully saturated rings. The van der Waals surface area contributed by atoms with Crippen molar-refractivity contribution in [1.29, 1.82) is 0 Å². The summed E-state index contributed by atoms with van der Waals surface area (Å²) in [5.41, 5.74) is 0.869. The summed E-state index contributed by atoms with van der Waals surface area (Å²) in [5.74, 6) is -0.197. The first kappa shape index (κ1) is 28.6. The molecule has 0 radical (unpaired) electrons. The molecule has 0 spiro atoms. The van der Waals surface area contributed by atoms with E-state index in [-0.39, 0.29) is 34.1 Å². The Balaban J connectivity index is 1.28. The lowest BCUT2D eigenvalue weighted by Gasteiger charge is -2.29. The van der Waals surface area contributed by atoms with Crippen molar-refractivity contribution in [2.75, 3.05) is 11.9 Å². The van der Waals surface area contributed by atoms with Gasteiger partial charge in [0, 0.05) is 18.8 Å². The topological polar surface area (TPSA) is 93.8 Å². The van der Waals surface area contributed by atoms with Gasteiger partial charge in [0.25, 0.3) is 18.8 Å². The van der Waals surface area contributed by atoms with Gasteiger partial charge < -0.3 is 10.6 Å². The lowest BCUT2D eigenvalue weighted by atomic mass is 9.85. The highest BCUT2D eigenvalue weighted by Crippen LogP contribution is 2.29. The number of benzene rings is 1. The van der Waals surface area contributed by atoms with Gasteiger partial charge in [-0.25, -0.2) is 27.3 Å². The van der Waals surface area contributed by atoms with Crippen LogP contribution in [0.2, 0.25) is 5.02 Å². The van der Waals surface area contributed by atoms with Gasteiger partial charge in [-0.1, -0.05) is 23.7 Å². The van der Waals surface area contributed by atoms with E-state index in [1.54, 1.807) is 21.3 Å². The molecule has 2 N–H and O–H groups in total. The Labute approximate surface area is 237 Å². The molecule has 1 aromatic carbocycles. The molecule has 41 heavy (non-hydrogen) atoms. The van der Waals surface area contributed by atoms with Crippen molar-refractivity contribution in [3.05, 3.63) is 81.6 Å². The highest BCUT2D eigenvalue weighted by molar-refractivity contribution is 6.30. The van der Waals surface area contributed by atoms with Crippen LogP contribution in [-0.2, 0) is 6.54 Å². The van der Waals surface area contributed by atoms with Gasteiger partial charge in [-0.2, -0.15) is 0 Å². The fraction of sp³-hybridized carbons (Fsp3) is 0.357. The van der Waals surface area contributed by atoms with Gasteiger partial charge in [-0.05, 0) is 61.9 Å². The number of para-hydroxylation sites is 2. The van der Waals surface area contributed by atoms with Crippen molar-refractivity contribution in [2.24, 2.45) is 5.92 Å². The third-order valence-corrected chi connectivity index (χ3v) is 7.45. The number of aromatic nitrogens is 4. The van der Waals surface area contributed by atoms with Crippen LogP contribution in [0.25, 0.3) is 16.7 Å². The smallest absolute Gasteiger partial charge is 0.333 e. The van der Waals surface area contributed by atoms with Gasteiger partial charge in [-0.15, -0.1) is 0 Å². The fourth-order valence-corrected chi connectivity index (χ4v) is 5.41. The summed E-state index contributed by atoms with van der Waals surface area (Å²) in [5, 5.41) is 5.48. The molecular formula is C28H27ClF4N6O2. The van der Waals surface area contributed by atoms with Crippen molar-refractivity contribution >= 4 is 34.4 Å². The summed E-state index contributed by atoms with van der Waals surface area (Å²) in [6.07, 6.45) is -0.172. The molecule has 1 aliphatic rings. The SMILES string of the molecule is O=C(NC1CCC(Cn2c(=O)n(-c3ccc(NCC(F)F)nc3)c3ccccc32)CC1)c1cc(Cl)cnc1C(F)F. The third kappa shape index (κ3) is 6.37. The summed E-state index contributed by atoms with van der Waals surface area (Å²) in [6.45, 7) is -0.0612. The lowest BCUT2D eigenvalue weighted by molar-refractivity contribution is 0.0904. The normalized spacial score (nSPS) is 17.3. The molecular weight excluding hydrogens is 564 g/mol. The molecule has 0 bridgehead atoms.